The van der Waals surface area contributed by atoms with Crippen molar-refractivity contribution in [1.29, 1.82) is 0 Å². The average molecular weight is 985 g/mol. The first-order valence-corrected chi connectivity index (χ1v) is 25.8. The number of ether oxygens (including phenoxy) is 9. The molecule has 2 heterocycles. The van der Waals surface area contributed by atoms with E-state index in [1.807, 2.05) is 182 Å². The lowest BCUT2D eigenvalue weighted by Gasteiger charge is -2.49. The van der Waals surface area contributed by atoms with Crippen molar-refractivity contribution in [3.8, 4) is 0 Å². The summed E-state index contributed by atoms with van der Waals surface area (Å²) in [4.78, 5) is 0. The van der Waals surface area contributed by atoms with Crippen LogP contribution in [0.4, 0.5) is 0 Å². The van der Waals surface area contributed by atoms with E-state index >= 15 is 0 Å². The van der Waals surface area contributed by atoms with E-state index in [1.165, 1.54) is 0 Å². The molecular weight excluding hydrogens is 921 g/mol. The second-order valence-electron chi connectivity index (χ2n) is 18.0. The van der Waals surface area contributed by atoms with Gasteiger partial charge in [0, 0.05) is 0 Å². The molecule has 2 fully saturated rings. The summed E-state index contributed by atoms with van der Waals surface area (Å²) in [5.74, 6) is -0.364. The van der Waals surface area contributed by atoms with Gasteiger partial charge in [-0.1, -0.05) is 194 Å². The van der Waals surface area contributed by atoms with Gasteiger partial charge in [0.1, 0.15) is 48.8 Å². The van der Waals surface area contributed by atoms with Gasteiger partial charge in [-0.25, -0.2) is 8.42 Å². The number of aliphatic hydroxyl groups is 1. The van der Waals surface area contributed by atoms with Gasteiger partial charge in [-0.3, -0.25) is 0 Å². The van der Waals surface area contributed by atoms with Crippen LogP contribution in [-0.4, -0.2) is 93.0 Å². The van der Waals surface area contributed by atoms with Gasteiger partial charge in [0.15, 0.2) is 21.6 Å². The normalized spacial score (nSPS) is 24.6. The molecule has 1 N–H and O–H groups in total. The highest BCUT2D eigenvalue weighted by molar-refractivity contribution is 7.92. The number of benzene rings is 6. The third-order valence-corrected chi connectivity index (χ3v) is 14.2. The quantitative estimate of drug-likeness (QED) is 0.0549. The Morgan fingerprint density at radius 3 is 1.20 bits per heavy atom. The van der Waals surface area contributed by atoms with Crippen LogP contribution in [0.2, 0.25) is 0 Å². The van der Waals surface area contributed by atoms with Crippen LogP contribution in [0.3, 0.4) is 0 Å². The first-order valence-electron chi connectivity index (χ1n) is 24.1. The Balaban J connectivity index is 1.18. The molecule has 6 aromatic carbocycles. The maximum absolute atomic E-state index is 14.6. The molecule has 2 aliphatic heterocycles. The van der Waals surface area contributed by atoms with Gasteiger partial charge >= 0.3 is 0 Å². The zero-order valence-corrected chi connectivity index (χ0v) is 40.8. The topological polar surface area (TPSA) is 137 Å². The van der Waals surface area contributed by atoms with Gasteiger partial charge in [0.25, 0.3) is 0 Å². The predicted octanol–water partition coefficient (Wildman–Crippen LogP) is 8.95. The Bertz CT molecular complexity index is 2580. The Morgan fingerprint density at radius 1 is 0.465 bits per heavy atom. The van der Waals surface area contributed by atoms with Gasteiger partial charge in [0.2, 0.25) is 0 Å². The second-order valence-corrected chi connectivity index (χ2v) is 20.1. The van der Waals surface area contributed by atoms with Crippen LogP contribution in [0.5, 0.6) is 0 Å². The average Bonchev–Trinajstić information content (AvgIpc) is 3.39. The molecule has 0 aromatic heterocycles. The lowest BCUT2D eigenvalue weighted by Crippen LogP contribution is -2.66. The summed E-state index contributed by atoms with van der Waals surface area (Å²) in [6.07, 6.45) is -10.2. The monoisotopic (exact) mass is 984 g/mol. The minimum absolute atomic E-state index is 0.0280. The zero-order chi connectivity index (χ0) is 49.3. The highest BCUT2D eigenvalue weighted by Crippen LogP contribution is 2.37. The van der Waals surface area contributed by atoms with Crippen LogP contribution < -0.4 is 0 Å². The lowest BCUT2D eigenvalue weighted by atomic mass is 9.96. The van der Waals surface area contributed by atoms with E-state index in [4.69, 9.17) is 42.6 Å². The third kappa shape index (κ3) is 15.1. The molecule has 2 saturated heterocycles. The fourth-order valence-corrected chi connectivity index (χ4v) is 10.6. The van der Waals surface area contributed by atoms with Crippen LogP contribution in [0.25, 0.3) is 0 Å². The molecule has 0 saturated carbocycles. The number of sulfone groups is 1. The summed E-state index contributed by atoms with van der Waals surface area (Å²) in [7, 11) is -4.12. The summed E-state index contributed by atoms with van der Waals surface area (Å²) >= 11 is 0. The maximum atomic E-state index is 14.6. The van der Waals surface area contributed by atoms with E-state index in [9.17, 15) is 13.5 Å². The molecule has 8 rings (SSSR count). The number of hydrogen-bond acceptors (Lipinski definition) is 12. The minimum Gasteiger partial charge on any atom is -0.385 e. The van der Waals surface area contributed by atoms with Crippen LogP contribution >= 0.6 is 0 Å². The molecule has 0 amide bonds. The van der Waals surface area contributed by atoms with Crippen LogP contribution in [0.1, 0.15) is 40.3 Å². The van der Waals surface area contributed by atoms with Crippen molar-refractivity contribution in [2.24, 2.45) is 0 Å². The molecular formula is C58H64O12S. The van der Waals surface area contributed by atoms with Gasteiger partial charge < -0.3 is 47.7 Å². The summed E-state index contributed by atoms with van der Waals surface area (Å²) < 4.78 is 89.5. The van der Waals surface area contributed by atoms with Crippen LogP contribution in [-0.2, 0) is 92.1 Å². The molecule has 374 valence electrons. The lowest BCUT2D eigenvalue weighted by molar-refractivity contribution is -0.353. The molecule has 0 radical (unpaired) electrons. The summed E-state index contributed by atoms with van der Waals surface area (Å²) in [6, 6.07) is 57.8. The first kappa shape index (κ1) is 51.9. The third-order valence-electron chi connectivity index (χ3n) is 12.2. The van der Waals surface area contributed by atoms with Crippen molar-refractivity contribution in [2.45, 2.75) is 107 Å². The first-order chi connectivity index (χ1) is 34.7. The Labute approximate surface area is 417 Å². The van der Waals surface area contributed by atoms with E-state index in [1.54, 1.807) is 6.92 Å². The van der Waals surface area contributed by atoms with E-state index in [0.29, 0.717) is 5.57 Å². The van der Waals surface area contributed by atoms with Crippen molar-refractivity contribution >= 4 is 9.84 Å². The minimum atomic E-state index is -4.12. The number of rotatable bonds is 25. The zero-order valence-electron chi connectivity index (χ0n) is 40.0. The highest BCUT2D eigenvalue weighted by atomic mass is 32.2. The van der Waals surface area contributed by atoms with Crippen molar-refractivity contribution in [3.63, 3.8) is 0 Å². The largest absolute Gasteiger partial charge is 0.385 e. The van der Waals surface area contributed by atoms with Crippen molar-refractivity contribution in [3.05, 3.63) is 228 Å². The standard InChI is InChI=1S/C58H64O12S/c1-42(2)41-71(60,61)58-56(67-38-48-31-19-8-20-32-48)55(66-37-47-29-17-7-18-30-47)53(50(69-58)40-63-34-44-23-11-4-12-24-44)70-57-51(59)54(65-36-46-27-15-6-16-28-46)52(64-35-45-25-13-5-14-26-45)49(68-57)39-62-33-43-21-9-3-10-22-43/h3-32,49-59H,1,33-41H2,2H3/t49-,50-,51-,52-,53?,54-,55+,56-,57-,58?/m1/s1. The fraction of sp³-hybridized carbons (Fsp3) is 0.345. The Morgan fingerprint density at radius 2 is 0.803 bits per heavy atom. The molecule has 13 heteroatoms. The van der Waals surface area contributed by atoms with Crippen molar-refractivity contribution < 1.29 is 56.2 Å². The highest BCUT2D eigenvalue weighted by Gasteiger charge is 2.56. The van der Waals surface area contributed by atoms with Crippen LogP contribution in [0.15, 0.2) is 194 Å². The maximum Gasteiger partial charge on any atom is 0.188 e. The summed E-state index contributed by atoms with van der Waals surface area (Å²) in [6.45, 7) is 6.41. The SMILES string of the molecule is C=C(C)CS(=O)(=O)C1O[C@H](COCc2ccccc2)C(O[C@H]2O[C@H](COCc3ccccc3)[C@@H](OCc3ccccc3)[C@H](OCc3ccccc3)[C@H]2O)[C@H](OCc2ccccc2)[C@H]1OCc1ccccc1. The number of aliphatic hydroxyl groups excluding tert-OH is 1. The molecule has 6 aromatic rings. The summed E-state index contributed by atoms with van der Waals surface area (Å²) in [5, 5.41) is 12.7. The Hall–Kier alpha value is -5.39. The molecule has 0 bridgehead atoms. The molecule has 12 nitrogen and oxygen atoms in total. The molecule has 71 heavy (non-hydrogen) atoms. The van der Waals surface area contributed by atoms with Crippen LogP contribution in [0, 0.1) is 0 Å². The smallest absolute Gasteiger partial charge is 0.188 e. The van der Waals surface area contributed by atoms with Crippen molar-refractivity contribution in [1.82, 2.24) is 0 Å². The van der Waals surface area contributed by atoms with Gasteiger partial charge in [0.05, 0.1) is 58.6 Å². The Kier molecular flexibility index (Phi) is 19.3. The predicted molar refractivity (Wildman–Crippen MR) is 269 cm³/mol. The van der Waals surface area contributed by atoms with E-state index in [0.717, 1.165) is 33.4 Å². The summed E-state index contributed by atoms with van der Waals surface area (Å²) in [5.41, 5.74) is 4.19. The van der Waals surface area contributed by atoms with E-state index in [2.05, 4.69) is 6.58 Å². The van der Waals surface area contributed by atoms with E-state index in [-0.39, 0.29) is 58.6 Å². The van der Waals surface area contributed by atoms with E-state index < -0.39 is 70.4 Å². The molecule has 0 aliphatic carbocycles. The van der Waals surface area contributed by atoms with Gasteiger partial charge in [-0.15, -0.1) is 0 Å². The number of hydrogen-bond donors (Lipinski definition) is 1. The van der Waals surface area contributed by atoms with Gasteiger partial charge in [-0.05, 0) is 40.3 Å². The van der Waals surface area contributed by atoms with Gasteiger partial charge in [-0.2, -0.15) is 0 Å². The van der Waals surface area contributed by atoms with Crippen molar-refractivity contribution in [2.75, 3.05) is 19.0 Å². The molecule has 10 atom stereocenters. The molecule has 2 aliphatic rings. The molecule has 0 spiro atoms. The fourth-order valence-electron chi connectivity index (χ4n) is 8.75. The molecule has 2 unspecified atom stereocenters. The second kappa shape index (κ2) is 26.3.